The topological polar surface area (TPSA) is 92.9 Å². The zero-order valence-corrected chi connectivity index (χ0v) is 13.0. The van der Waals surface area contributed by atoms with E-state index >= 15 is 0 Å². The minimum atomic E-state index is -1.83. The third-order valence-corrected chi connectivity index (χ3v) is 5.85. The quantitative estimate of drug-likeness (QED) is 0.676. The van der Waals surface area contributed by atoms with E-state index in [-0.39, 0.29) is 30.2 Å². The second kappa shape index (κ2) is 5.49. The molecule has 2 heterocycles. The van der Waals surface area contributed by atoms with Gasteiger partial charge in [0.15, 0.2) is 12.0 Å². The number of aliphatic carboxylic acids is 1. The van der Waals surface area contributed by atoms with Gasteiger partial charge >= 0.3 is 5.97 Å². The molecular weight excluding hydrogens is 322 g/mol. The number of Topliss-reactive ketones (excluding diaryl/α,β-unsaturated/α-hetero) is 1. The van der Waals surface area contributed by atoms with E-state index in [9.17, 15) is 23.5 Å². The van der Waals surface area contributed by atoms with Gasteiger partial charge in [0.05, 0.1) is 18.2 Å². The van der Waals surface area contributed by atoms with Gasteiger partial charge in [0.2, 0.25) is 0 Å². The Kier molecular flexibility index (Phi) is 3.65. The first-order chi connectivity index (χ1) is 11.4. The summed E-state index contributed by atoms with van der Waals surface area (Å²) in [4.78, 5) is 25.6. The molecule has 24 heavy (non-hydrogen) atoms. The average Bonchev–Trinajstić information content (AvgIpc) is 2.53. The van der Waals surface area contributed by atoms with Crippen molar-refractivity contribution in [3.05, 3.63) is 11.8 Å². The number of ether oxygens (including phenoxy) is 1. The minimum Gasteiger partial charge on any atom is -0.478 e. The van der Waals surface area contributed by atoms with Gasteiger partial charge in [-0.2, -0.15) is 0 Å². The first-order valence-corrected chi connectivity index (χ1v) is 8.34. The number of alkyl halides is 2. The van der Waals surface area contributed by atoms with E-state index in [4.69, 9.17) is 10.5 Å². The molecule has 0 aromatic heterocycles. The van der Waals surface area contributed by atoms with Crippen molar-refractivity contribution >= 4 is 11.8 Å². The highest BCUT2D eigenvalue weighted by Gasteiger charge is 2.59. The number of hydrogen-bond donors (Lipinski definition) is 2. The highest BCUT2D eigenvalue weighted by Crippen LogP contribution is 2.46. The zero-order chi connectivity index (χ0) is 17.2. The van der Waals surface area contributed by atoms with Crippen LogP contribution in [0, 0.1) is 5.92 Å². The number of fused-ring (bicyclic) bond motifs is 2. The molecule has 0 aromatic rings. The van der Waals surface area contributed by atoms with Gasteiger partial charge < -0.3 is 20.5 Å². The summed E-state index contributed by atoms with van der Waals surface area (Å²) in [5, 5.41) is 9.32. The smallest absolute Gasteiger partial charge is 0.340 e. The molecule has 6 nitrogen and oxygen atoms in total. The maximum atomic E-state index is 14.5. The summed E-state index contributed by atoms with van der Waals surface area (Å²) in [5.74, 6) is -2.84. The van der Waals surface area contributed by atoms with E-state index < -0.39 is 42.2 Å². The SMILES string of the molecule is NC1CCC2C(C1)OC1C(F)C(F)CC3C(=O)C(C(=O)O)=CN2C31. The summed E-state index contributed by atoms with van der Waals surface area (Å²) in [5.41, 5.74) is 5.62. The zero-order valence-electron chi connectivity index (χ0n) is 13.0. The number of ketones is 1. The van der Waals surface area contributed by atoms with Gasteiger partial charge in [-0.15, -0.1) is 0 Å². The molecule has 8 atom stereocenters. The van der Waals surface area contributed by atoms with Gasteiger partial charge in [-0.05, 0) is 25.7 Å². The van der Waals surface area contributed by atoms with Crippen molar-refractivity contribution in [1.82, 2.24) is 4.90 Å². The number of carboxylic acid groups (broad SMARTS) is 1. The monoisotopic (exact) mass is 342 g/mol. The Hall–Kier alpha value is -1.54. The van der Waals surface area contributed by atoms with Crippen molar-refractivity contribution in [3.63, 3.8) is 0 Å². The van der Waals surface area contributed by atoms with Crippen molar-refractivity contribution < 1.29 is 28.2 Å². The molecule has 4 rings (SSSR count). The van der Waals surface area contributed by atoms with Crippen LogP contribution in [-0.4, -0.2) is 64.4 Å². The fraction of sp³-hybridized carbons (Fsp3) is 0.750. The van der Waals surface area contributed by atoms with Crippen LogP contribution >= 0.6 is 0 Å². The fourth-order valence-corrected chi connectivity index (χ4v) is 4.74. The third-order valence-electron chi connectivity index (χ3n) is 5.85. The molecule has 2 aliphatic carbocycles. The van der Waals surface area contributed by atoms with Crippen LogP contribution in [0.15, 0.2) is 11.8 Å². The molecule has 1 saturated heterocycles. The number of rotatable bonds is 1. The summed E-state index contributed by atoms with van der Waals surface area (Å²) < 4.78 is 34.4. The Morgan fingerprint density at radius 2 is 2.08 bits per heavy atom. The van der Waals surface area contributed by atoms with E-state index in [0.717, 1.165) is 6.42 Å². The van der Waals surface area contributed by atoms with Crippen molar-refractivity contribution in [3.8, 4) is 0 Å². The van der Waals surface area contributed by atoms with Crippen LogP contribution in [-0.2, 0) is 14.3 Å². The molecule has 8 heteroatoms. The van der Waals surface area contributed by atoms with Crippen LogP contribution in [0.5, 0.6) is 0 Å². The molecule has 0 radical (unpaired) electrons. The van der Waals surface area contributed by atoms with Gasteiger partial charge in [-0.3, -0.25) is 4.79 Å². The second-order valence-corrected chi connectivity index (χ2v) is 7.23. The second-order valence-electron chi connectivity index (χ2n) is 7.23. The van der Waals surface area contributed by atoms with E-state index in [1.807, 2.05) is 0 Å². The molecular formula is C16H20F2N2O4. The summed E-state index contributed by atoms with van der Waals surface area (Å²) in [6.07, 6.45) is -2.14. The molecule has 2 aliphatic heterocycles. The third kappa shape index (κ3) is 2.19. The van der Waals surface area contributed by atoms with Gasteiger partial charge in [0.1, 0.15) is 17.8 Å². The van der Waals surface area contributed by atoms with Crippen molar-refractivity contribution in [2.45, 2.75) is 68.4 Å². The van der Waals surface area contributed by atoms with Gasteiger partial charge in [0.25, 0.3) is 0 Å². The van der Waals surface area contributed by atoms with E-state index in [1.54, 1.807) is 4.90 Å². The van der Waals surface area contributed by atoms with Gasteiger partial charge in [-0.1, -0.05) is 0 Å². The number of hydrogen-bond acceptors (Lipinski definition) is 5. The van der Waals surface area contributed by atoms with E-state index in [0.29, 0.717) is 12.8 Å². The van der Waals surface area contributed by atoms with Crippen LogP contribution in [0.2, 0.25) is 0 Å². The lowest BCUT2D eigenvalue weighted by Gasteiger charge is -2.58. The molecule has 3 N–H and O–H groups in total. The molecule has 3 fully saturated rings. The van der Waals surface area contributed by atoms with E-state index in [1.165, 1.54) is 6.20 Å². The van der Waals surface area contributed by atoms with E-state index in [2.05, 4.69) is 0 Å². The highest BCUT2D eigenvalue weighted by molar-refractivity contribution is 6.18. The van der Waals surface area contributed by atoms with Crippen LogP contribution in [0.25, 0.3) is 0 Å². The Labute approximate surface area is 137 Å². The Morgan fingerprint density at radius 3 is 2.79 bits per heavy atom. The lowest BCUT2D eigenvalue weighted by Crippen LogP contribution is -2.70. The van der Waals surface area contributed by atoms with Crippen molar-refractivity contribution in [2.75, 3.05) is 0 Å². The molecule has 8 unspecified atom stereocenters. The van der Waals surface area contributed by atoms with Crippen LogP contribution in [0.3, 0.4) is 0 Å². The van der Waals surface area contributed by atoms with Crippen LogP contribution < -0.4 is 5.73 Å². The van der Waals surface area contributed by atoms with Crippen molar-refractivity contribution in [1.29, 1.82) is 0 Å². The number of halogens is 2. The number of morpholine rings is 1. The standard InChI is InChI=1S/C16H20F2N2O4/c17-9-4-7-13-15(12(9)18)24-11-3-6(19)1-2-10(11)20(13)5-8(14(7)21)16(22)23/h5-7,9-13,15H,1-4,19H2,(H,22,23). The molecule has 0 amide bonds. The lowest BCUT2D eigenvalue weighted by molar-refractivity contribution is -0.210. The maximum Gasteiger partial charge on any atom is 0.340 e. The average molecular weight is 342 g/mol. The minimum absolute atomic E-state index is 0.0734. The normalized spacial score (nSPS) is 47.5. The molecule has 0 spiro atoms. The summed E-state index contributed by atoms with van der Waals surface area (Å²) >= 11 is 0. The summed E-state index contributed by atoms with van der Waals surface area (Å²) in [6.45, 7) is 0. The Balaban J connectivity index is 1.78. The first-order valence-electron chi connectivity index (χ1n) is 8.34. The van der Waals surface area contributed by atoms with Crippen LogP contribution in [0.4, 0.5) is 8.78 Å². The molecule has 2 saturated carbocycles. The number of nitrogens with two attached hydrogens (primary N) is 1. The fourth-order valence-electron chi connectivity index (χ4n) is 4.74. The number of carboxylic acids is 1. The van der Waals surface area contributed by atoms with Crippen LogP contribution in [0.1, 0.15) is 25.7 Å². The number of carbonyl (C=O) groups is 2. The number of nitrogens with zero attached hydrogens (tertiary/aromatic N) is 1. The molecule has 4 aliphatic rings. The predicted octanol–water partition coefficient (Wildman–Crippen LogP) is 0.551. The summed E-state index contributed by atoms with van der Waals surface area (Å²) in [6, 6.07) is -0.867. The molecule has 0 bridgehead atoms. The molecule has 132 valence electrons. The largest absolute Gasteiger partial charge is 0.478 e. The van der Waals surface area contributed by atoms with Crippen molar-refractivity contribution in [2.24, 2.45) is 11.7 Å². The first kappa shape index (κ1) is 16.0. The Morgan fingerprint density at radius 1 is 1.33 bits per heavy atom. The van der Waals surface area contributed by atoms with Gasteiger partial charge in [0, 0.05) is 18.2 Å². The predicted molar refractivity (Wildman–Crippen MR) is 78.5 cm³/mol. The maximum absolute atomic E-state index is 14.5. The number of carbonyl (C=O) groups excluding carboxylic acids is 1. The lowest BCUT2D eigenvalue weighted by atomic mass is 9.71. The van der Waals surface area contributed by atoms with Gasteiger partial charge in [-0.25, -0.2) is 13.6 Å². The summed E-state index contributed by atoms with van der Waals surface area (Å²) in [7, 11) is 0. The highest BCUT2D eigenvalue weighted by atomic mass is 19.2. The Bertz CT molecular complexity index is 613. The molecule has 0 aromatic carbocycles.